The summed E-state index contributed by atoms with van der Waals surface area (Å²) in [5, 5.41) is 12.8. The molecule has 0 radical (unpaired) electrons. The van der Waals surface area contributed by atoms with E-state index in [1.807, 2.05) is 4.68 Å². The van der Waals surface area contributed by atoms with Gasteiger partial charge in [-0.15, -0.1) is 0 Å². The number of carbonyl (C=O) groups is 1. The van der Waals surface area contributed by atoms with Gasteiger partial charge >= 0.3 is 5.97 Å². The van der Waals surface area contributed by atoms with Gasteiger partial charge in [0.15, 0.2) is 0 Å². The van der Waals surface area contributed by atoms with Gasteiger partial charge in [0.25, 0.3) is 0 Å². The Kier molecular flexibility index (Phi) is 3.73. The Balaban J connectivity index is 1.79. The highest BCUT2D eigenvalue weighted by molar-refractivity contribution is 5.67. The summed E-state index contributed by atoms with van der Waals surface area (Å²) in [5.41, 5.74) is 0. The lowest BCUT2D eigenvalue weighted by Crippen LogP contribution is -2.47. The average Bonchev–Trinajstić information content (AvgIpc) is 2.62. The molecule has 94 valence electrons. The number of carboxylic acids is 1. The summed E-state index contributed by atoms with van der Waals surface area (Å²) < 4.78 is 1.92. The third kappa shape index (κ3) is 3.03. The topological polar surface area (TPSA) is 71.2 Å². The first kappa shape index (κ1) is 12.0. The number of rotatable bonds is 6. The highest BCUT2D eigenvalue weighted by atomic mass is 16.4. The van der Waals surface area contributed by atoms with Crippen molar-refractivity contribution in [3.63, 3.8) is 0 Å². The molecule has 0 amide bonds. The Morgan fingerprint density at radius 3 is 3.00 bits per heavy atom. The van der Waals surface area contributed by atoms with Crippen LogP contribution in [0.5, 0.6) is 0 Å². The maximum absolute atomic E-state index is 10.5. The van der Waals surface area contributed by atoms with Crippen LogP contribution in [0.1, 0.15) is 25.6 Å². The molecule has 0 atom stereocenters. The van der Waals surface area contributed by atoms with Crippen LogP contribution in [-0.4, -0.2) is 43.8 Å². The zero-order chi connectivity index (χ0) is 12.3. The van der Waals surface area contributed by atoms with Crippen molar-refractivity contribution in [1.29, 1.82) is 0 Å². The largest absolute Gasteiger partial charge is 0.481 e. The maximum atomic E-state index is 10.5. The quantitative estimate of drug-likeness (QED) is 0.785. The first-order chi connectivity index (χ1) is 8.19. The van der Waals surface area contributed by atoms with Gasteiger partial charge in [-0.05, 0) is 12.3 Å². The normalized spacial score (nSPS) is 17.0. The van der Waals surface area contributed by atoms with E-state index in [2.05, 4.69) is 21.9 Å². The Morgan fingerprint density at radius 2 is 2.35 bits per heavy atom. The number of likely N-dealkylation sites (tertiary alicyclic amines) is 1. The van der Waals surface area contributed by atoms with E-state index in [0.717, 1.165) is 38.4 Å². The summed E-state index contributed by atoms with van der Waals surface area (Å²) in [4.78, 5) is 17.0. The van der Waals surface area contributed by atoms with Gasteiger partial charge in [-0.3, -0.25) is 9.69 Å². The number of aryl methyl sites for hydroxylation is 1. The van der Waals surface area contributed by atoms with Crippen LogP contribution >= 0.6 is 0 Å². The molecule has 0 saturated carbocycles. The molecule has 0 aromatic carbocycles. The molecule has 17 heavy (non-hydrogen) atoms. The van der Waals surface area contributed by atoms with Crippen molar-refractivity contribution < 1.29 is 9.90 Å². The molecule has 1 fully saturated rings. The van der Waals surface area contributed by atoms with Gasteiger partial charge in [0.05, 0.1) is 13.0 Å². The van der Waals surface area contributed by atoms with Crippen LogP contribution in [0.3, 0.4) is 0 Å². The Labute approximate surface area is 100 Å². The van der Waals surface area contributed by atoms with E-state index in [4.69, 9.17) is 5.11 Å². The molecule has 1 aliphatic rings. The fraction of sp³-hybridized carbons (Fsp3) is 0.727. The first-order valence-electron chi connectivity index (χ1n) is 6.00. The lowest BCUT2D eigenvalue weighted by atomic mass is 9.96. The first-order valence-corrected chi connectivity index (χ1v) is 6.00. The predicted molar refractivity (Wildman–Crippen MR) is 61.3 cm³/mol. The summed E-state index contributed by atoms with van der Waals surface area (Å²) in [6, 6.07) is 0. The van der Waals surface area contributed by atoms with Gasteiger partial charge in [0.2, 0.25) is 0 Å². The van der Waals surface area contributed by atoms with Gasteiger partial charge in [-0.2, -0.15) is 5.10 Å². The van der Waals surface area contributed by atoms with Crippen LogP contribution in [0.25, 0.3) is 0 Å². The van der Waals surface area contributed by atoms with Gasteiger partial charge in [-0.1, -0.05) is 6.92 Å². The van der Waals surface area contributed by atoms with Crippen molar-refractivity contribution >= 4 is 5.97 Å². The van der Waals surface area contributed by atoms with Crippen LogP contribution in [0.2, 0.25) is 0 Å². The zero-order valence-electron chi connectivity index (χ0n) is 10.0. The van der Waals surface area contributed by atoms with Crippen molar-refractivity contribution in [2.45, 2.75) is 32.9 Å². The summed E-state index contributed by atoms with van der Waals surface area (Å²) in [6.45, 7) is 5.48. The minimum Gasteiger partial charge on any atom is -0.481 e. The molecule has 0 spiro atoms. The van der Waals surface area contributed by atoms with E-state index >= 15 is 0 Å². The molecule has 6 nitrogen and oxygen atoms in total. The lowest BCUT2D eigenvalue weighted by Gasteiger charge is -2.38. The number of aromatic nitrogens is 3. The lowest BCUT2D eigenvalue weighted by molar-refractivity contribution is -0.139. The van der Waals surface area contributed by atoms with Gasteiger partial charge in [-0.25, -0.2) is 9.67 Å². The molecule has 1 aromatic rings. The van der Waals surface area contributed by atoms with Crippen molar-refractivity contribution in [1.82, 2.24) is 19.7 Å². The van der Waals surface area contributed by atoms with Crippen molar-refractivity contribution in [3.8, 4) is 0 Å². The Hall–Kier alpha value is -1.43. The third-order valence-corrected chi connectivity index (χ3v) is 2.99. The molecule has 1 saturated heterocycles. The minimum absolute atomic E-state index is 0.276. The van der Waals surface area contributed by atoms with Crippen molar-refractivity contribution in [2.24, 2.45) is 5.92 Å². The standard InChI is InChI=1S/C11H18N4O2/c1-2-3-15-10(12-8-13-15)7-14-5-9(6-14)4-11(16)17/h8-9H,2-7H2,1H3,(H,16,17). The molecular weight excluding hydrogens is 220 g/mol. The van der Waals surface area contributed by atoms with E-state index in [1.165, 1.54) is 0 Å². The van der Waals surface area contributed by atoms with Crippen LogP contribution in [0, 0.1) is 5.92 Å². The third-order valence-electron chi connectivity index (χ3n) is 2.99. The van der Waals surface area contributed by atoms with Crippen LogP contribution in [0.15, 0.2) is 6.33 Å². The monoisotopic (exact) mass is 238 g/mol. The highest BCUT2D eigenvalue weighted by Gasteiger charge is 2.29. The summed E-state index contributed by atoms with van der Waals surface area (Å²) in [5.74, 6) is 0.569. The van der Waals surface area contributed by atoms with E-state index in [1.54, 1.807) is 6.33 Å². The van der Waals surface area contributed by atoms with Gasteiger partial charge in [0, 0.05) is 19.6 Å². The molecule has 2 heterocycles. The molecule has 0 aliphatic carbocycles. The van der Waals surface area contributed by atoms with Crippen LogP contribution in [0.4, 0.5) is 0 Å². The number of carboxylic acid groups (broad SMARTS) is 1. The number of nitrogens with zero attached hydrogens (tertiary/aromatic N) is 4. The average molecular weight is 238 g/mol. The fourth-order valence-corrected chi connectivity index (χ4v) is 2.19. The summed E-state index contributed by atoms with van der Waals surface area (Å²) >= 11 is 0. The molecule has 1 aliphatic heterocycles. The molecule has 6 heteroatoms. The molecule has 0 bridgehead atoms. The smallest absolute Gasteiger partial charge is 0.303 e. The number of hydrogen-bond donors (Lipinski definition) is 1. The molecular formula is C11H18N4O2. The fourth-order valence-electron chi connectivity index (χ4n) is 2.19. The number of aliphatic carboxylic acids is 1. The second kappa shape index (κ2) is 5.27. The molecule has 1 N–H and O–H groups in total. The van der Waals surface area contributed by atoms with E-state index < -0.39 is 5.97 Å². The van der Waals surface area contributed by atoms with E-state index in [-0.39, 0.29) is 6.42 Å². The molecule has 0 unspecified atom stereocenters. The Bertz CT molecular complexity index is 385. The van der Waals surface area contributed by atoms with E-state index in [9.17, 15) is 4.79 Å². The summed E-state index contributed by atoms with van der Waals surface area (Å²) in [7, 11) is 0. The minimum atomic E-state index is -0.705. The zero-order valence-corrected chi connectivity index (χ0v) is 10.0. The highest BCUT2D eigenvalue weighted by Crippen LogP contribution is 2.20. The van der Waals surface area contributed by atoms with E-state index in [0.29, 0.717) is 5.92 Å². The summed E-state index contributed by atoms with van der Waals surface area (Å²) in [6.07, 6.45) is 2.90. The van der Waals surface area contributed by atoms with Gasteiger partial charge in [0.1, 0.15) is 12.2 Å². The molecule has 2 rings (SSSR count). The maximum Gasteiger partial charge on any atom is 0.303 e. The second-order valence-corrected chi connectivity index (χ2v) is 4.56. The van der Waals surface area contributed by atoms with Crippen molar-refractivity contribution in [3.05, 3.63) is 12.2 Å². The van der Waals surface area contributed by atoms with Gasteiger partial charge < -0.3 is 5.11 Å². The van der Waals surface area contributed by atoms with Crippen LogP contribution in [-0.2, 0) is 17.9 Å². The van der Waals surface area contributed by atoms with Crippen LogP contribution < -0.4 is 0 Å². The predicted octanol–water partition coefficient (Wildman–Crippen LogP) is 0.595. The second-order valence-electron chi connectivity index (χ2n) is 4.56. The molecule has 1 aromatic heterocycles. The Morgan fingerprint density at radius 1 is 1.59 bits per heavy atom. The van der Waals surface area contributed by atoms with Crippen molar-refractivity contribution in [2.75, 3.05) is 13.1 Å². The number of hydrogen-bond acceptors (Lipinski definition) is 4. The SMILES string of the molecule is CCCn1ncnc1CN1CC(CC(=O)O)C1.